The maximum Gasteiger partial charge on any atom is 0.416 e. The van der Waals surface area contributed by atoms with Crippen LogP contribution < -0.4 is 11.1 Å². The van der Waals surface area contributed by atoms with Gasteiger partial charge in [-0.3, -0.25) is 0 Å². The van der Waals surface area contributed by atoms with E-state index in [0.29, 0.717) is 12.3 Å². The number of methoxy groups -OCH3 is 1. The van der Waals surface area contributed by atoms with E-state index in [1.807, 2.05) is 6.92 Å². The molecule has 0 saturated heterocycles. The molecule has 0 aliphatic carbocycles. The second-order valence-electron chi connectivity index (χ2n) is 4.12. The Balaban J connectivity index is 3.09. The Kier molecular flexibility index (Phi) is 5.13. The van der Waals surface area contributed by atoms with E-state index in [9.17, 15) is 13.2 Å². The number of halogens is 3. The first-order valence-electron chi connectivity index (χ1n) is 5.52. The number of nitrogens with two attached hydrogens (primary N) is 1. The van der Waals surface area contributed by atoms with E-state index >= 15 is 0 Å². The van der Waals surface area contributed by atoms with Crippen molar-refractivity contribution >= 4 is 22.9 Å². The number of hydrogen-bond donors (Lipinski definition) is 2. The van der Waals surface area contributed by atoms with Crippen molar-refractivity contribution in [3.63, 3.8) is 0 Å². The van der Waals surface area contributed by atoms with Crippen LogP contribution in [0.25, 0.3) is 0 Å². The van der Waals surface area contributed by atoms with Gasteiger partial charge in [-0.05, 0) is 25.1 Å². The number of rotatable bonds is 5. The molecular weight excluding hydrogens is 277 g/mol. The predicted molar refractivity (Wildman–Crippen MR) is 72.3 cm³/mol. The minimum atomic E-state index is -4.42. The first kappa shape index (κ1) is 15.7. The van der Waals surface area contributed by atoms with Gasteiger partial charge in [0, 0.05) is 24.4 Å². The summed E-state index contributed by atoms with van der Waals surface area (Å²) in [7, 11) is 1.54. The van der Waals surface area contributed by atoms with Gasteiger partial charge in [0.05, 0.1) is 12.2 Å². The predicted octanol–water partition coefficient (Wildman–Crippen LogP) is 2.79. The Morgan fingerprint density at radius 3 is 2.58 bits per heavy atom. The number of ether oxygens (including phenoxy) is 1. The molecule has 1 aromatic carbocycles. The van der Waals surface area contributed by atoms with Crippen LogP contribution in [0.5, 0.6) is 0 Å². The van der Waals surface area contributed by atoms with Gasteiger partial charge in [0.1, 0.15) is 4.99 Å². The zero-order chi connectivity index (χ0) is 14.6. The third-order valence-electron chi connectivity index (χ3n) is 2.43. The molecule has 0 heterocycles. The summed E-state index contributed by atoms with van der Waals surface area (Å²) >= 11 is 4.79. The summed E-state index contributed by atoms with van der Waals surface area (Å²) in [6.07, 6.45) is -4.42. The summed E-state index contributed by atoms with van der Waals surface area (Å²) in [6.45, 7) is 2.25. The van der Waals surface area contributed by atoms with Crippen molar-refractivity contribution in [2.75, 3.05) is 19.0 Å². The Hall–Kier alpha value is -1.34. The molecular formula is C12H15F3N2OS. The van der Waals surface area contributed by atoms with Crippen molar-refractivity contribution in [1.29, 1.82) is 0 Å². The molecule has 0 aliphatic rings. The Bertz CT molecular complexity index is 463. The lowest BCUT2D eigenvalue weighted by atomic mass is 10.1. The van der Waals surface area contributed by atoms with Crippen LogP contribution in [-0.4, -0.2) is 24.7 Å². The number of alkyl halides is 3. The minimum Gasteiger partial charge on any atom is -0.389 e. The standard InChI is InChI=1S/C12H15F3N2OS/c1-7(6-18-2)17-10-4-3-8(12(13,14)15)5-9(10)11(16)19/h3-5,7,17H,6H2,1-2H3,(H2,16,19). The summed E-state index contributed by atoms with van der Waals surface area (Å²) < 4.78 is 42.8. The normalized spacial score (nSPS) is 13.1. The second-order valence-corrected chi connectivity index (χ2v) is 4.56. The summed E-state index contributed by atoms with van der Waals surface area (Å²) in [5.74, 6) is 0. The monoisotopic (exact) mass is 292 g/mol. The van der Waals surface area contributed by atoms with Gasteiger partial charge in [-0.15, -0.1) is 0 Å². The first-order valence-corrected chi connectivity index (χ1v) is 5.93. The van der Waals surface area contributed by atoms with Gasteiger partial charge in [-0.25, -0.2) is 0 Å². The minimum absolute atomic E-state index is 0.0742. The van der Waals surface area contributed by atoms with Crippen LogP contribution in [0.4, 0.5) is 18.9 Å². The number of benzene rings is 1. The molecule has 1 aromatic rings. The molecule has 19 heavy (non-hydrogen) atoms. The molecule has 1 unspecified atom stereocenters. The van der Waals surface area contributed by atoms with Crippen molar-refractivity contribution < 1.29 is 17.9 Å². The summed E-state index contributed by atoms with van der Waals surface area (Å²) in [4.78, 5) is -0.0850. The zero-order valence-electron chi connectivity index (χ0n) is 10.5. The van der Waals surface area contributed by atoms with Gasteiger partial charge < -0.3 is 15.8 Å². The van der Waals surface area contributed by atoms with Crippen LogP contribution in [0, 0.1) is 0 Å². The molecule has 3 N–H and O–H groups in total. The highest BCUT2D eigenvalue weighted by atomic mass is 32.1. The molecule has 0 aliphatic heterocycles. The number of anilines is 1. The highest BCUT2D eigenvalue weighted by Crippen LogP contribution is 2.32. The van der Waals surface area contributed by atoms with E-state index < -0.39 is 11.7 Å². The van der Waals surface area contributed by atoms with Crippen LogP contribution in [0.2, 0.25) is 0 Å². The van der Waals surface area contributed by atoms with Crippen LogP contribution in [0.15, 0.2) is 18.2 Å². The topological polar surface area (TPSA) is 47.3 Å². The molecule has 0 aromatic heterocycles. The van der Waals surface area contributed by atoms with Crippen molar-refractivity contribution in [3.8, 4) is 0 Å². The molecule has 0 bridgehead atoms. The van der Waals surface area contributed by atoms with Crippen LogP contribution in [0.3, 0.4) is 0 Å². The lowest BCUT2D eigenvalue weighted by Crippen LogP contribution is -2.23. The molecule has 1 rings (SSSR count). The lowest BCUT2D eigenvalue weighted by molar-refractivity contribution is -0.137. The molecule has 7 heteroatoms. The first-order chi connectivity index (χ1) is 8.75. The van der Waals surface area contributed by atoms with Gasteiger partial charge in [0.2, 0.25) is 0 Å². The van der Waals surface area contributed by atoms with Crippen LogP contribution in [-0.2, 0) is 10.9 Å². The van der Waals surface area contributed by atoms with Gasteiger partial charge >= 0.3 is 6.18 Å². The maximum atomic E-state index is 12.6. The van der Waals surface area contributed by atoms with E-state index in [0.717, 1.165) is 12.1 Å². The average Bonchev–Trinajstić information content (AvgIpc) is 2.27. The smallest absolute Gasteiger partial charge is 0.389 e. The highest BCUT2D eigenvalue weighted by Gasteiger charge is 2.31. The van der Waals surface area contributed by atoms with E-state index in [4.69, 9.17) is 22.7 Å². The number of hydrogen-bond acceptors (Lipinski definition) is 3. The Morgan fingerprint density at radius 1 is 1.47 bits per heavy atom. The van der Waals surface area contributed by atoms with E-state index in [2.05, 4.69) is 5.32 Å². The molecule has 1 atom stereocenters. The Labute approximate surface area is 114 Å². The molecule has 106 valence electrons. The van der Waals surface area contributed by atoms with E-state index in [1.54, 1.807) is 7.11 Å². The summed E-state index contributed by atoms with van der Waals surface area (Å²) in [5, 5.41) is 3.01. The van der Waals surface area contributed by atoms with Gasteiger partial charge in [0.15, 0.2) is 0 Å². The third-order valence-corrected chi connectivity index (χ3v) is 2.65. The van der Waals surface area contributed by atoms with Gasteiger partial charge in [-0.1, -0.05) is 12.2 Å². The van der Waals surface area contributed by atoms with Gasteiger partial charge in [0.25, 0.3) is 0 Å². The Morgan fingerprint density at radius 2 is 2.11 bits per heavy atom. The maximum absolute atomic E-state index is 12.6. The molecule has 0 fully saturated rings. The van der Waals surface area contributed by atoms with Crippen LogP contribution in [0.1, 0.15) is 18.1 Å². The third kappa shape index (κ3) is 4.36. The van der Waals surface area contributed by atoms with E-state index in [1.165, 1.54) is 6.07 Å². The number of nitrogens with one attached hydrogen (secondary N) is 1. The SMILES string of the molecule is COCC(C)Nc1ccc(C(F)(F)F)cc1C(N)=S. The fourth-order valence-electron chi connectivity index (χ4n) is 1.61. The summed E-state index contributed by atoms with van der Waals surface area (Å²) in [5.41, 5.74) is 5.33. The average molecular weight is 292 g/mol. The highest BCUT2D eigenvalue weighted by molar-refractivity contribution is 7.80. The number of thiocarbonyl (C=S) groups is 1. The van der Waals surface area contributed by atoms with E-state index in [-0.39, 0.29) is 16.6 Å². The quantitative estimate of drug-likeness (QED) is 0.819. The lowest BCUT2D eigenvalue weighted by Gasteiger charge is -2.18. The molecule has 0 saturated carbocycles. The fraction of sp³-hybridized carbons (Fsp3) is 0.417. The van der Waals surface area contributed by atoms with Crippen molar-refractivity contribution in [3.05, 3.63) is 29.3 Å². The largest absolute Gasteiger partial charge is 0.416 e. The molecule has 0 radical (unpaired) electrons. The fourth-order valence-corrected chi connectivity index (χ4v) is 1.78. The van der Waals surface area contributed by atoms with Crippen LogP contribution >= 0.6 is 12.2 Å². The molecule has 3 nitrogen and oxygen atoms in total. The van der Waals surface area contributed by atoms with Gasteiger partial charge in [-0.2, -0.15) is 13.2 Å². The zero-order valence-corrected chi connectivity index (χ0v) is 11.4. The molecule has 0 amide bonds. The second kappa shape index (κ2) is 6.21. The van der Waals surface area contributed by atoms with Crippen molar-refractivity contribution in [2.45, 2.75) is 19.1 Å². The molecule has 0 spiro atoms. The van der Waals surface area contributed by atoms with Crippen molar-refractivity contribution in [1.82, 2.24) is 0 Å². The summed E-state index contributed by atoms with van der Waals surface area (Å²) in [6, 6.07) is 3.19. The van der Waals surface area contributed by atoms with Crippen molar-refractivity contribution in [2.24, 2.45) is 5.73 Å².